The van der Waals surface area contributed by atoms with E-state index < -0.39 is 0 Å². The predicted molar refractivity (Wildman–Crippen MR) is 95.1 cm³/mol. The number of aromatic nitrogens is 2. The van der Waals surface area contributed by atoms with Crippen molar-refractivity contribution in [3.05, 3.63) is 53.3 Å². The first-order chi connectivity index (χ1) is 12.2. The number of fused-ring (bicyclic) bond motifs is 1. The van der Waals surface area contributed by atoms with Crippen LogP contribution in [0.4, 0.5) is 0 Å². The van der Waals surface area contributed by atoms with Gasteiger partial charge in [-0.1, -0.05) is 12.1 Å². The topological polar surface area (TPSA) is 60.1 Å². The van der Waals surface area contributed by atoms with Crippen LogP contribution in [0.2, 0.25) is 0 Å². The van der Waals surface area contributed by atoms with Crippen molar-refractivity contribution in [2.24, 2.45) is 0 Å². The molecule has 0 atom stereocenters. The van der Waals surface area contributed by atoms with Gasteiger partial charge >= 0.3 is 0 Å². The van der Waals surface area contributed by atoms with Crippen molar-refractivity contribution in [2.75, 3.05) is 14.2 Å². The molecule has 0 amide bonds. The molecule has 1 fully saturated rings. The number of hydrogen-bond donors (Lipinski definition) is 0. The predicted octanol–water partition coefficient (Wildman–Crippen LogP) is 3.85. The molecule has 4 rings (SSSR count). The second kappa shape index (κ2) is 6.14. The lowest BCUT2D eigenvalue weighted by Crippen LogP contribution is -2.04. The second-order valence-corrected chi connectivity index (χ2v) is 6.34. The van der Waals surface area contributed by atoms with Gasteiger partial charge in [-0.25, -0.2) is 4.98 Å². The Balaban J connectivity index is 1.82. The summed E-state index contributed by atoms with van der Waals surface area (Å²) in [6, 6.07) is 13.8. The Hall–Kier alpha value is -3.00. The maximum Gasteiger partial charge on any atom is 0.163 e. The van der Waals surface area contributed by atoms with E-state index in [1.165, 1.54) is 12.8 Å². The maximum atomic E-state index is 8.97. The monoisotopic (exact) mass is 333 g/mol. The standard InChI is InChI=1S/C20H19N3O2/c1-24-18-9-16-17(10-19(18)25-2)23(20(22-16)15-7-8-15)12-14-5-3-13(11-21)4-6-14/h3-6,9-10,15H,7-8,12H2,1-2H3. The highest BCUT2D eigenvalue weighted by molar-refractivity contribution is 5.81. The lowest BCUT2D eigenvalue weighted by Gasteiger charge is -2.11. The quantitative estimate of drug-likeness (QED) is 0.711. The summed E-state index contributed by atoms with van der Waals surface area (Å²) in [4.78, 5) is 4.86. The van der Waals surface area contributed by atoms with Gasteiger partial charge in [-0.2, -0.15) is 5.26 Å². The fourth-order valence-corrected chi connectivity index (χ4v) is 3.16. The molecule has 1 aliphatic rings. The van der Waals surface area contributed by atoms with Gasteiger partial charge in [0.05, 0.1) is 36.9 Å². The van der Waals surface area contributed by atoms with Gasteiger partial charge in [-0.3, -0.25) is 0 Å². The summed E-state index contributed by atoms with van der Waals surface area (Å²) in [5, 5.41) is 8.97. The minimum absolute atomic E-state index is 0.530. The normalized spacial score (nSPS) is 13.6. The van der Waals surface area contributed by atoms with E-state index in [0.29, 0.717) is 23.0 Å². The molecule has 0 radical (unpaired) electrons. The van der Waals surface area contributed by atoms with Gasteiger partial charge in [-0.05, 0) is 30.5 Å². The van der Waals surface area contributed by atoms with Crippen LogP contribution in [-0.2, 0) is 6.54 Å². The third-order valence-corrected chi connectivity index (χ3v) is 4.65. The summed E-state index contributed by atoms with van der Waals surface area (Å²) >= 11 is 0. The molecule has 0 spiro atoms. The second-order valence-electron chi connectivity index (χ2n) is 6.34. The summed E-state index contributed by atoms with van der Waals surface area (Å²) in [7, 11) is 3.28. The minimum Gasteiger partial charge on any atom is -0.493 e. The van der Waals surface area contributed by atoms with Crippen LogP contribution in [0.1, 0.15) is 35.7 Å². The van der Waals surface area contributed by atoms with Gasteiger partial charge in [0, 0.05) is 24.6 Å². The lowest BCUT2D eigenvalue weighted by atomic mass is 10.1. The molecule has 0 N–H and O–H groups in total. The number of hydrogen-bond acceptors (Lipinski definition) is 4. The van der Waals surface area contributed by atoms with Gasteiger partial charge in [-0.15, -0.1) is 0 Å². The Kier molecular flexibility index (Phi) is 3.81. The summed E-state index contributed by atoms with van der Waals surface area (Å²) in [5.41, 5.74) is 3.79. The first kappa shape index (κ1) is 15.5. The first-order valence-electron chi connectivity index (χ1n) is 8.34. The molecule has 0 aliphatic heterocycles. The van der Waals surface area contributed by atoms with E-state index >= 15 is 0 Å². The Labute approximate surface area is 146 Å². The fourth-order valence-electron chi connectivity index (χ4n) is 3.16. The van der Waals surface area contributed by atoms with Gasteiger partial charge in [0.2, 0.25) is 0 Å². The molecule has 1 aliphatic carbocycles. The zero-order valence-corrected chi connectivity index (χ0v) is 14.3. The van der Waals surface area contributed by atoms with Crippen molar-refractivity contribution in [1.82, 2.24) is 9.55 Å². The van der Waals surface area contributed by atoms with Crippen molar-refractivity contribution < 1.29 is 9.47 Å². The zero-order chi connectivity index (χ0) is 17.4. The molecule has 5 heteroatoms. The highest BCUT2D eigenvalue weighted by Gasteiger charge is 2.30. The van der Waals surface area contributed by atoms with E-state index in [2.05, 4.69) is 10.6 Å². The average molecular weight is 333 g/mol. The zero-order valence-electron chi connectivity index (χ0n) is 14.3. The Bertz CT molecular complexity index is 963. The SMILES string of the molecule is COc1cc2nc(C3CC3)n(Cc3ccc(C#N)cc3)c2cc1OC. The van der Waals surface area contributed by atoms with Crippen LogP contribution in [0, 0.1) is 11.3 Å². The van der Waals surface area contributed by atoms with Crippen molar-refractivity contribution >= 4 is 11.0 Å². The molecule has 0 unspecified atom stereocenters. The molecule has 3 aromatic rings. The largest absolute Gasteiger partial charge is 0.493 e. The Morgan fingerprint density at radius 3 is 2.40 bits per heavy atom. The Morgan fingerprint density at radius 2 is 1.80 bits per heavy atom. The molecule has 126 valence electrons. The average Bonchev–Trinajstić information content (AvgIpc) is 3.44. The number of ether oxygens (including phenoxy) is 2. The Morgan fingerprint density at radius 1 is 1.12 bits per heavy atom. The van der Waals surface area contributed by atoms with Crippen LogP contribution < -0.4 is 9.47 Å². The molecular weight excluding hydrogens is 314 g/mol. The minimum atomic E-state index is 0.530. The van der Waals surface area contributed by atoms with Gasteiger partial charge < -0.3 is 14.0 Å². The number of imidazole rings is 1. The highest BCUT2D eigenvalue weighted by Crippen LogP contribution is 2.42. The molecule has 2 aromatic carbocycles. The smallest absolute Gasteiger partial charge is 0.163 e. The number of methoxy groups -OCH3 is 2. The van der Waals surface area contributed by atoms with Crippen molar-refractivity contribution in [3.8, 4) is 17.6 Å². The third kappa shape index (κ3) is 2.80. The number of nitrogens with zero attached hydrogens (tertiary/aromatic N) is 3. The van der Waals surface area contributed by atoms with Crippen molar-refractivity contribution in [1.29, 1.82) is 5.26 Å². The number of rotatable bonds is 5. The van der Waals surface area contributed by atoms with E-state index in [9.17, 15) is 0 Å². The van der Waals surface area contributed by atoms with Crippen LogP contribution in [0.3, 0.4) is 0 Å². The fraction of sp³-hybridized carbons (Fsp3) is 0.300. The van der Waals surface area contributed by atoms with Crippen LogP contribution in [-0.4, -0.2) is 23.8 Å². The van der Waals surface area contributed by atoms with E-state index in [-0.39, 0.29) is 0 Å². The van der Waals surface area contributed by atoms with E-state index in [1.807, 2.05) is 36.4 Å². The summed E-state index contributed by atoms with van der Waals surface area (Å²) in [6.45, 7) is 0.726. The van der Waals surface area contributed by atoms with Crippen molar-refractivity contribution in [2.45, 2.75) is 25.3 Å². The summed E-state index contributed by atoms with van der Waals surface area (Å²) in [6.07, 6.45) is 2.37. The first-order valence-corrected chi connectivity index (χ1v) is 8.34. The molecule has 0 saturated heterocycles. The van der Waals surface area contributed by atoms with Gasteiger partial charge in [0.1, 0.15) is 5.82 Å². The molecule has 1 heterocycles. The van der Waals surface area contributed by atoms with Crippen LogP contribution in [0.5, 0.6) is 11.5 Å². The van der Waals surface area contributed by atoms with E-state index in [1.54, 1.807) is 14.2 Å². The van der Waals surface area contributed by atoms with Crippen molar-refractivity contribution in [3.63, 3.8) is 0 Å². The maximum absolute atomic E-state index is 8.97. The number of benzene rings is 2. The summed E-state index contributed by atoms with van der Waals surface area (Å²) in [5.74, 6) is 3.05. The van der Waals surface area contributed by atoms with E-state index in [4.69, 9.17) is 19.7 Å². The van der Waals surface area contributed by atoms with Crippen LogP contribution in [0.15, 0.2) is 36.4 Å². The molecule has 0 bridgehead atoms. The van der Waals surface area contributed by atoms with Gasteiger partial charge in [0.15, 0.2) is 11.5 Å². The molecule has 5 nitrogen and oxygen atoms in total. The molecular formula is C20H19N3O2. The summed E-state index contributed by atoms with van der Waals surface area (Å²) < 4.78 is 13.1. The van der Waals surface area contributed by atoms with E-state index in [0.717, 1.165) is 29.0 Å². The van der Waals surface area contributed by atoms with Gasteiger partial charge in [0.25, 0.3) is 0 Å². The van der Waals surface area contributed by atoms with Crippen LogP contribution in [0.25, 0.3) is 11.0 Å². The molecule has 1 saturated carbocycles. The number of nitriles is 1. The lowest BCUT2D eigenvalue weighted by molar-refractivity contribution is 0.355. The third-order valence-electron chi connectivity index (χ3n) is 4.65. The van der Waals surface area contributed by atoms with Crippen LogP contribution >= 0.6 is 0 Å². The molecule has 25 heavy (non-hydrogen) atoms. The molecule has 1 aromatic heterocycles. The highest BCUT2D eigenvalue weighted by atomic mass is 16.5.